The van der Waals surface area contributed by atoms with Crippen molar-refractivity contribution in [2.45, 2.75) is 13.0 Å². The summed E-state index contributed by atoms with van der Waals surface area (Å²) in [5, 5.41) is 2.72. The maximum Gasteiger partial charge on any atom is 0.243 e. The van der Waals surface area contributed by atoms with Crippen molar-refractivity contribution < 1.29 is 9.53 Å². The van der Waals surface area contributed by atoms with Crippen molar-refractivity contribution in [3.05, 3.63) is 43.0 Å². The van der Waals surface area contributed by atoms with Gasteiger partial charge in [-0.3, -0.25) is 4.79 Å². The summed E-state index contributed by atoms with van der Waals surface area (Å²) in [6, 6.07) is 9.46. The second-order valence-corrected chi connectivity index (χ2v) is 3.24. The van der Waals surface area contributed by atoms with Gasteiger partial charge < -0.3 is 10.1 Å². The Hall–Kier alpha value is -1.77. The summed E-state index contributed by atoms with van der Waals surface area (Å²) in [5.41, 5.74) is 0. The Bertz CT molecular complexity index is 322. The monoisotopic (exact) mass is 205 g/mol. The molecule has 0 aliphatic rings. The van der Waals surface area contributed by atoms with E-state index < -0.39 is 0 Å². The van der Waals surface area contributed by atoms with Gasteiger partial charge in [-0.15, -0.1) is 0 Å². The van der Waals surface area contributed by atoms with Gasteiger partial charge in [-0.1, -0.05) is 24.8 Å². The van der Waals surface area contributed by atoms with Crippen LogP contribution in [0.15, 0.2) is 43.0 Å². The first-order valence-corrected chi connectivity index (χ1v) is 4.83. The van der Waals surface area contributed by atoms with Crippen molar-refractivity contribution in [3.8, 4) is 5.75 Å². The molecule has 1 N–H and O–H groups in total. The van der Waals surface area contributed by atoms with Gasteiger partial charge in [0.1, 0.15) is 12.4 Å². The van der Waals surface area contributed by atoms with Crippen LogP contribution in [-0.4, -0.2) is 18.6 Å². The highest BCUT2D eigenvalue weighted by Gasteiger charge is 2.04. The molecule has 0 saturated heterocycles. The van der Waals surface area contributed by atoms with Gasteiger partial charge in [-0.05, 0) is 25.1 Å². The van der Waals surface area contributed by atoms with Gasteiger partial charge in [0.05, 0.1) is 6.04 Å². The van der Waals surface area contributed by atoms with E-state index in [0.717, 1.165) is 5.75 Å². The molecular formula is C12H15NO2. The number of amides is 1. The molecule has 0 fully saturated rings. The van der Waals surface area contributed by atoms with Crippen LogP contribution in [0.2, 0.25) is 0 Å². The first-order valence-electron chi connectivity index (χ1n) is 4.83. The minimum atomic E-state index is -0.181. The lowest BCUT2D eigenvalue weighted by molar-refractivity contribution is -0.117. The van der Waals surface area contributed by atoms with Crippen LogP contribution < -0.4 is 10.1 Å². The van der Waals surface area contributed by atoms with Crippen LogP contribution in [0.25, 0.3) is 0 Å². The van der Waals surface area contributed by atoms with Crippen molar-refractivity contribution >= 4 is 5.91 Å². The summed E-state index contributed by atoms with van der Waals surface area (Å²) in [6.45, 7) is 5.71. The molecule has 15 heavy (non-hydrogen) atoms. The van der Waals surface area contributed by atoms with Crippen LogP contribution in [0.4, 0.5) is 0 Å². The van der Waals surface area contributed by atoms with E-state index in [2.05, 4.69) is 11.9 Å². The van der Waals surface area contributed by atoms with Gasteiger partial charge in [-0.25, -0.2) is 0 Å². The molecule has 0 bridgehead atoms. The summed E-state index contributed by atoms with van der Waals surface area (Å²) in [5.74, 6) is 0.622. The van der Waals surface area contributed by atoms with Crippen molar-refractivity contribution in [3.63, 3.8) is 0 Å². The molecule has 0 radical (unpaired) electrons. The van der Waals surface area contributed by atoms with Crippen LogP contribution in [-0.2, 0) is 4.79 Å². The molecular weight excluding hydrogens is 190 g/mol. The molecule has 1 aromatic rings. The molecule has 0 unspecified atom stereocenters. The van der Waals surface area contributed by atoms with Crippen LogP contribution in [0.5, 0.6) is 5.75 Å². The van der Waals surface area contributed by atoms with E-state index in [1.807, 2.05) is 37.3 Å². The average molecular weight is 205 g/mol. The molecule has 0 saturated carbocycles. The van der Waals surface area contributed by atoms with E-state index in [9.17, 15) is 4.79 Å². The van der Waals surface area contributed by atoms with Gasteiger partial charge in [0.15, 0.2) is 0 Å². The Balaban J connectivity index is 2.31. The summed E-state index contributed by atoms with van der Waals surface area (Å²) in [7, 11) is 0. The van der Waals surface area contributed by atoms with E-state index in [-0.39, 0.29) is 11.9 Å². The Labute approximate surface area is 89.8 Å². The molecule has 0 heterocycles. The van der Waals surface area contributed by atoms with Crippen LogP contribution >= 0.6 is 0 Å². The van der Waals surface area contributed by atoms with E-state index >= 15 is 0 Å². The summed E-state index contributed by atoms with van der Waals surface area (Å²) in [6.07, 6.45) is 1.25. The third-order valence-corrected chi connectivity index (χ3v) is 1.82. The van der Waals surface area contributed by atoms with Gasteiger partial charge >= 0.3 is 0 Å². The summed E-state index contributed by atoms with van der Waals surface area (Å²) < 4.78 is 5.46. The third-order valence-electron chi connectivity index (χ3n) is 1.82. The number of ether oxygens (including phenoxy) is 1. The highest BCUT2D eigenvalue weighted by Crippen LogP contribution is 2.08. The molecule has 3 heteroatoms. The molecule has 0 aliphatic heterocycles. The number of benzene rings is 1. The van der Waals surface area contributed by atoms with E-state index in [1.165, 1.54) is 6.08 Å². The highest BCUT2D eigenvalue weighted by molar-refractivity contribution is 5.87. The SMILES string of the molecule is C=CC(=O)N[C@@H](C)COc1ccccc1. The molecule has 0 aliphatic carbocycles. The number of para-hydroxylation sites is 1. The normalized spacial score (nSPS) is 11.5. The average Bonchev–Trinajstić information content (AvgIpc) is 2.27. The predicted molar refractivity (Wildman–Crippen MR) is 59.7 cm³/mol. The smallest absolute Gasteiger partial charge is 0.243 e. The number of nitrogens with one attached hydrogen (secondary N) is 1. The maximum absolute atomic E-state index is 10.9. The summed E-state index contributed by atoms with van der Waals surface area (Å²) >= 11 is 0. The molecule has 0 spiro atoms. The van der Waals surface area contributed by atoms with Gasteiger partial charge in [0.25, 0.3) is 0 Å². The third kappa shape index (κ3) is 4.31. The topological polar surface area (TPSA) is 38.3 Å². The van der Waals surface area contributed by atoms with Crippen molar-refractivity contribution in [1.29, 1.82) is 0 Å². The Morgan fingerprint density at radius 2 is 2.20 bits per heavy atom. The lowest BCUT2D eigenvalue weighted by Crippen LogP contribution is -2.35. The molecule has 1 amide bonds. The first kappa shape index (κ1) is 11.3. The van der Waals surface area contributed by atoms with Crippen molar-refractivity contribution in [1.82, 2.24) is 5.32 Å². The second kappa shape index (κ2) is 5.86. The Morgan fingerprint density at radius 3 is 2.80 bits per heavy atom. The fraction of sp³-hybridized carbons (Fsp3) is 0.250. The molecule has 1 atom stereocenters. The second-order valence-electron chi connectivity index (χ2n) is 3.24. The molecule has 80 valence electrons. The number of carbonyl (C=O) groups excluding carboxylic acids is 1. The zero-order chi connectivity index (χ0) is 11.1. The molecule has 0 aromatic heterocycles. The molecule has 1 aromatic carbocycles. The standard InChI is InChI=1S/C12H15NO2/c1-3-12(14)13-10(2)9-15-11-7-5-4-6-8-11/h3-8,10H,1,9H2,2H3,(H,13,14)/t10-/m0/s1. The molecule has 3 nitrogen and oxygen atoms in total. The Morgan fingerprint density at radius 1 is 1.53 bits per heavy atom. The van der Waals surface area contributed by atoms with Crippen LogP contribution in [0.1, 0.15) is 6.92 Å². The number of rotatable bonds is 5. The Kier molecular flexibility index (Phi) is 4.41. The zero-order valence-electron chi connectivity index (χ0n) is 8.77. The van der Waals surface area contributed by atoms with E-state index in [0.29, 0.717) is 6.61 Å². The lowest BCUT2D eigenvalue weighted by Gasteiger charge is -2.13. The van der Waals surface area contributed by atoms with Crippen molar-refractivity contribution in [2.24, 2.45) is 0 Å². The minimum absolute atomic E-state index is 0.0318. The first-order chi connectivity index (χ1) is 7.22. The zero-order valence-corrected chi connectivity index (χ0v) is 8.77. The van der Waals surface area contributed by atoms with E-state index in [4.69, 9.17) is 4.74 Å². The fourth-order valence-corrected chi connectivity index (χ4v) is 1.08. The van der Waals surface area contributed by atoms with Crippen molar-refractivity contribution in [2.75, 3.05) is 6.61 Å². The predicted octanol–water partition coefficient (Wildman–Crippen LogP) is 1.76. The maximum atomic E-state index is 10.9. The van der Waals surface area contributed by atoms with E-state index in [1.54, 1.807) is 0 Å². The highest BCUT2D eigenvalue weighted by atomic mass is 16.5. The number of hydrogen-bond acceptors (Lipinski definition) is 2. The quantitative estimate of drug-likeness (QED) is 0.744. The van der Waals surface area contributed by atoms with Crippen LogP contribution in [0, 0.1) is 0 Å². The molecule has 1 rings (SSSR count). The van der Waals surface area contributed by atoms with Crippen LogP contribution in [0.3, 0.4) is 0 Å². The minimum Gasteiger partial charge on any atom is -0.491 e. The number of hydrogen-bond donors (Lipinski definition) is 1. The number of carbonyl (C=O) groups is 1. The summed E-state index contributed by atoms with van der Waals surface area (Å²) in [4.78, 5) is 10.9. The van der Waals surface area contributed by atoms with Gasteiger partial charge in [-0.2, -0.15) is 0 Å². The van der Waals surface area contributed by atoms with Gasteiger partial charge in [0, 0.05) is 0 Å². The lowest BCUT2D eigenvalue weighted by atomic mass is 10.3. The fourth-order valence-electron chi connectivity index (χ4n) is 1.08. The largest absolute Gasteiger partial charge is 0.491 e. The van der Waals surface area contributed by atoms with Gasteiger partial charge in [0.2, 0.25) is 5.91 Å².